The first-order chi connectivity index (χ1) is 13.3. The number of carboxylic acids is 1. The number of carbonyl (C=O) groups excluding carboxylic acids is 1. The summed E-state index contributed by atoms with van der Waals surface area (Å²) in [5.41, 5.74) is 0.294. The number of hydrogen-bond donors (Lipinski definition) is 2. The van der Waals surface area contributed by atoms with Gasteiger partial charge < -0.3 is 15.2 Å². The fourth-order valence-electron chi connectivity index (χ4n) is 3.94. The van der Waals surface area contributed by atoms with Crippen molar-refractivity contribution in [3.63, 3.8) is 0 Å². The van der Waals surface area contributed by atoms with E-state index in [4.69, 9.17) is 16.3 Å². The van der Waals surface area contributed by atoms with Gasteiger partial charge in [-0.1, -0.05) is 36.7 Å². The molecule has 5 nitrogen and oxygen atoms in total. The van der Waals surface area contributed by atoms with Crippen molar-refractivity contribution < 1.29 is 19.4 Å². The largest absolute Gasteiger partial charge is 0.478 e. The summed E-state index contributed by atoms with van der Waals surface area (Å²) in [6.45, 7) is 3.88. The summed E-state index contributed by atoms with van der Waals surface area (Å²) >= 11 is 6.04. The van der Waals surface area contributed by atoms with Crippen LogP contribution in [0.5, 0.6) is 5.75 Å². The monoisotopic (exact) mass is 401 g/mol. The molecule has 28 heavy (non-hydrogen) atoms. The fraction of sp³-hybridized carbons (Fsp3) is 0.364. The van der Waals surface area contributed by atoms with Crippen molar-refractivity contribution in [2.75, 3.05) is 5.32 Å². The minimum Gasteiger partial charge on any atom is -0.478 e. The van der Waals surface area contributed by atoms with Gasteiger partial charge in [0.15, 0.2) is 0 Å². The Balaban J connectivity index is 1.69. The molecule has 0 saturated heterocycles. The van der Waals surface area contributed by atoms with Gasteiger partial charge in [-0.25, -0.2) is 4.79 Å². The van der Waals surface area contributed by atoms with Crippen molar-refractivity contribution in [2.24, 2.45) is 11.8 Å². The number of amides is 1. The lowest BCUT2D eigenvalue weighted by Gasteiger charge is -2.26. The van der Waals surface area contributed by atoms with E-state index in [0.717, 1.165) is 5.56 Å². The second kappa shape index (κ2) is 8.23. The van der Waals surface area contributed by atoms with Crippen LogP contribution in [0, 0.1) is 18.8 Å². The van der Waals surface area contributed by atoms with Crippen molar-refractivity contribution in [1.29, 1.82) is 0 Å². The Morgan fingerprint density at radius 3 is 2.57 bits per heavy atom. The van der Waals surface area contributed by atoms with Gasteiger partial charge >= 0.3 is 5.97 Å². The molecule has 0 aliphatic heterocycles. The Morgan fingerprint density at radius 1 is 1.21 bits per heavy atom. The quantitative estimate of drug-likeness (QED) is 0.719. The zero-order chi connectivity index (χ0) is 20.3. The van der Waals surface area contributed by atoms with E-state index in [1.165, 1.54) is 0 Å². The van der Waals surface area contributed by atoms with Crippen LogP contribution < -0.4 is 10.1 Å². The van der Waals surface area contributed by atoms with Gasteiger partial charge in [-0.15, -0.1) is 0 Å². The van der Waals surface area contributed by atoms with Crippen LogP contribution >= 0.6 is 11.6 Å². The van der Waals surface area contributed by atoms with Gasteiger partial charge in [0, 0.05) is 30.0 Å². The maximum atomic E-state index is 12.5. The molecule has 0 aromatic heterocycles. The Kier molecular flexibility index (Phi) is 5.94. The first-order valence-electron chi connectivity index (χ1n) is 9.32. The van der Waals surface area contributed by atoms with E-state index in [9.17, 15) is 14.7 Å². The zero-order valence-electron chi connectivity index (χ0n) is 15.9. The van der Waals surface area contributed by atoms with Crippen LogP contribution in [0.25, 0.3) is 0 Å². The number of nitrogens with one attached hydrogen (secondary N) is 1. The highest BCUT2D eigenvalue weighted by Gasteiger charge is 2.51. The summed E-state index contributed by atoms with van der Waals surface area (Å²) < 4.78 is 5.91. The van der Waals surface area contributed by atoms with Crippen LogP contribution in [0.2, 0.25) is 5.02 Å². The van der Waals surface area contributed by atoms with Gasteiger partial charge in [0.05, 0.1) is 0 Å². The normalized spacial score (nSPS) is 24.0. The Hall–Kier alpha value is -2.53. The Bertz CT molecular complexity index is 850. The molecule has 1 aliphatic rings. The standard InChI is InChI=1S/C22H24ClNO4/c1-14-8-17(23)11-18(9-14)24-20(25)10-16-13-22(21(26)27,12-15(16)2)28-19-6-4-3-5-7-19/h3-9,11,15-16H,10,12-13H2,1-2H3,(H,24,25)(H,26,27). The number of aryl methyl sites for hydroxylation is 1. The lowest BCUT2D eigenvalue weighted by atomic mass is 9.94. The minimum atomic E-state index is -1.31. The van der Waals surface area contributed by atoms with E-state index in [1.807, 2.05) is 32.0 Å². The van der Waals surface area contributed by atoms with Crippen molar-refractivity contribution in [3.8, 4) is 5.75 Å². The number of benzene rings is 2. The van der Waals surface area contributed by atoms with Gasteiger partial charge in [-0.05, 0) is 54.7 Å². The summed E-state index contributed by atoms with van der Waals surface area (Å²) in [5, 5.41) is 13.3. The molecular formula is C22H24ClNO4. The van der Waals surface area contributed by atoms with E-state index in [1.54, 1.807) is 30.3 Å². The fourth-order valence-corrected chi connectivity index (χ4v) is 4.23. The van der Waals surface area contributed by atoms with Crippen molar-refractivity contribution in [1.82, 2.24) is 0 Å². The summed E-state index contributed by atoms with van der Waals surface area (Å²) in [7, 11) is 0. The molecule has 0 heterocycles. The maximum Gasteiger partial charge on any atom is 0.348 e. The van der Waals surface area contributed by atoms with Crippen LogP contribution in [0.1, 0.15) is 31.7 Å². The third-order valence-corrected chi connectivity index (χ3v) is 5.49. The number of rotatable bonds is 6. The number of carbonyl (C=O) groups is 2. The van der Waals surface area contributed by atoms with Crippen molar-refractivity contribution in [2.45, 2.75) is 38.7 Å². The average molecular weight is 402 g/mol. The molecule has 2 aromatic rings. The van der Waals surface area contributed by atoms with E-state index in [-0.39, 0.29) is 24.2 Å². The molecule has 2 N–H and O–H groups in total. The molecular weight excluding hydrogens is 378 g/mol. The van der Waals surface area contributed by atoms with E-state index in [0.29, 0.717) is 29.3 Å². The minimum absolute atomic E-state index is 0.0478. The maximum absolute atomic E-state index is 12.5. The number of para-hydroxylation sites is 1. The molecule has 3 atom stereocenters. The van der Waals surface area contributed by atoms with E-state index in [2.05, 4.69) is 5.32 Å². The SMILES string of the molecule is Cc1cc(Cl)cc(NC(=O)CC2CC(Oc3ccccc3)(C(=O)O)CC2C)c1. The molecule has 0 spiro atoms. The Labute approximate surface area is 169 Å². The predicted molar refractivity (Wildman–Crippen MR) is 109 cm³/mol. The number of halogens is 1. The van der Waals surface area contributed by atoms with Crippen LogP contribution in [-0.2, 0) is 9.59 Å². The topological polar surface area (TPSA) is 75.6 Å². The summed E-state index contributed by atoms with van der Waals surface area (Å²) in [4.78, 5) is 24.6. The van der Waals surface area contributed by atoms with Crippen LogP contribution in [0.15, 0.2) is 48.5 Å². The summed E-state index contributed by atoms with van der Waals surface area (Å²) in [6.07, 6.45) is 0.895. The molecule has 148 valence electrons. The molecule has 1 amide bonds. The van der Waals surface area contributed by atoms with Crippen molar-refractivity contribution >= 4 is 29.2 Å². The lowest BCUT2D eigenvalue weighted by Crippen LogP contribution is -2.42. The molecule has 1 saturated carbocycles. The van der Waals surface area contributed by atoms with Gasteiger partial charge in [0.2, 0.25) is 11.5 Å². The van der Waals surface area contributed by atoms with Crippen LogP contribution in [0.4, 0.5) is 5.69 Å². The van der Waals surface area contributed by atoms with Gasteiger partial charge in [0.1, 0.15) is 5.75 Å². The number of carboxylic acid groups (broad SMARTS) is 1. The highest BCUT2D eigenvalue weighted by atomic mass is 35.5. The first kappa shape index (κ1) is 20.2. The summed E-state index contributed by atoms with van der Waals surface area (Å²) in [5.74, 6) is -0.653. The smallest absolute Gasteiger partial charge is 0.348 e. The van der Waals surface area contributed by atoms with Crippen molar-refractivity contribution in [3.05, 3.63) is 59.1 Å². The van der Waals surface area contributed by atoms with E-state index >= 15 is 0 Å². The summed E-state index contributed by atoms with van der Waals surface area (Å²) in [6, 6.07) is 14.3. The third kappa shape index (κ3) is 4.65. The lowest BCUT2D eigenvalue weighted by molar-refractivity contribution is -0.155. The number of aliphatic carboxylic acids is 1. The first-order valence-corrected chi connectivity index (χ1v) is 9.70. The van der Waals surface area contributed by atoms with E-state index < -0.39 is 11.6 Å². The van der Waals surface area contributed by atoms with Gasteiger partial charge in [-0.2, -0.15) is 0 Å². The average Bonchev–Trinajstić information content (AvgIpc) is 2.91. The molecule has 0 bridgehead atoms. The second-order valence-corrected chi connectivity index (χ2v) is 8.07. The predicted octanol–water partition coefficient (Wildman–Crippen LogP) is 4.93. The molecule has 1 aliphatic carbocycles. The molecule has 1 fully saturated rings. The molecule has 3 unspecified atom stereocenters. The molecule has 0 radical (unpaired) electrons. The van der Waals surface area contributed by atoms with Crippen LogP contribution in [0.3, 0.4) is 0 Å². The second-order valence-electron chi connectivity index (χ2n) is 7.63. The number of hydrogen-bond acceptors (Lipinski definition) is 3. The number of ether oxygens (including phenoxy) is 1. The Morgan fingerprint density at radius 2 is 1.93 bits per heavy atom. The number of anilines is 1. The highest BCUT2D eigenvalue weighted by Crippen LogP contribution is 2.44. The molecule has 6 heteroatoms. The van der Waals surface area contributed by atoms with Crippen LogP contribution in [-0.4, -0.2) is 22.6 Å². The third-order valence-electron chi connectivity index (χ3n) is 5.27. The van der Waals surface area contributed by atoms with Gasteiger partial charge in [0.25, 0.3) is 0 Å². The van der Waals surface area contributed by atoms with Gasteiger partial charge in [-0.3, -0.25) is 4.79 Å². The molecule has 3 rings (SSSR count). The zero-order valence-corrected chi connectivity index (χ0v) is 16.7. The molecule has 2 aromatic carbocycles. The highest BCUT2D eigenvalue weighted by molar-refractivity contribution is 6.31.